The van der Waals surface area contributed by atoms with Crippen LogP contribution in [0.15, 0.2) is 0 Å². The first kappa shape index (κ1) is 11.0. The predicted octanol–water partition coefficient (Wildman–Crippen LogP) is 1.66. The Morgan fingerprint density at radius 3 is 2.36 bits per heavy atom. The molecule has 0 rings (SSSR count). The smallest absolute Gasteiger partial charge is 0.373 e. The third-order valence-electron chi connectivity index (χ3n) is 1.72. The molecule has 0 aliphatic carbocycles. The molecule has 0 aliphatic rings. The fourth-order valence-electron chi connectivity index (χ4n) is 1.04. The van der Waals surface area contributed by atoms with Crippen LogP contribution in [0.4, 0.5) is 0 Å². The fraction of sp³-hybridized carbons (Fsp3) is 1.00. The topological polar surface area (TPSA) is 32.3 Å². The van der Waals surface area contributed by atoms with E-state index < -0.39 is 0 Å². The van der Waals surface area contributed by atoms with Crippen molar-refractivity contribution in [2.75, 3.05) is 6.54 Å². The van der Waals surface area contributed by atoms with Crippen LogP contribution < -0.4 is 5.23 Å². The van der Waals surface area contributed by atoms with Crippen molar-refractivity contribution >= 4 is 7.05 Å². The molecule has 0 heterocycles. The highest BCUT2D eigenvalue weighted by molar-refractivity contribution is 6.45. The summed E-state index contributed by atoms with van der Waals surface area (Å²) in [5.41, 5.74) is 0. The monoisotopic (exact) mass is 157 g/mol. The van der Waals surface area contributed by atoms with Gasteiger partial charge in [-0.25, -0.2) is 0 Å². The van der Waals surface area contributed by atoms with E-state index in [2.05, 4.69) is 12.2 Å². The van der Waals surface area contributed by atoms with Gasteiger partial charge in [0.05, 0.1) is 0 Å². The van der Waals surface area contributed by atoms with Gasteiger partial charge in [-0.1, -0.05) is 32.6 Å². The van der Waals surface area contributed by atoms with Gasteiger partial charge in [0.25, 0.3) is 0 Å². The molecule has 0 bridgehead atoms. The van der Waals surface area contributed by atoms with Gasteiger partial charge in [0.2, 0.25) is 0 Å². The van der Waals surface area contributed by atoms with Crippen LogP contribution in [0.1, 0.15) is 39.0 Å². The molecule has 66 valence electrons. The third kappa shape index (κ3) is 9.98. The van der Waals surface area contributed by atoms with Crippen LogP contribution >= 0.6 is 0 Å². The summed E-state index contributed by atoms with van der Waals surface area (Å²) in [6.07, 6.45) is 6.44. The molecule has 0 aromatic carbocycles. The highest BCUT2D eigenvalue weighted by Crippen LogP contribution is 2.00. The average molecular weight is 157 g/mol. The van der Waals surface area contributed by atoms with Gasteiger partial charge >= 0.3 is 7.05 Å². The lowest BCUT2D eigenvalue weighted by Crippen LogP contribution is -2.31. The lowest BCUT2D eigenvalue weighted by atomic mass is 9.89. The van der Waals surface area contributed by atoms with Gasteiger partial charge in [-0.05, 0) is 19.8 Å². The second kappa shape index (κ2) is 8.09. The van der Waals surface area contributed by atoms with Gasteiger partial charge in [-0.2, -0.15) is 0 Å². The maximum absolute atomic E-state index is 8.84. The van der Waals surface area contributed by atoms with Gasteiger partial charge in [-0.15, -0.1) is 0 Å². The van der Waals surface area contributed by atoms with E-state index in [0.717, 1.165) is 6.54 Å². The molecule has 0 amide bonds. The Bertz CT molecular complexity index is 78.5. The molecular weight excluding hydrogens is 137 g/mol. The minimum atomic E-state index is -0.346. The van der Waals surface area contributed by atoms with E-state index in [9.17, 15) is 0 Å². The third-order valence-corrected chi connectivity index (χ3v) is 1.72. The van der Waals surface area contributed by atoms with E-state index in [1.165, 1.54) is 32.1 Å². The summed E-state index contributed by atoms with van der Waals surface area (Å²) in [5.74, 6) is 0. The van der Waals surface area contributed by atoms with Crippen LogP contribution in [0, 0.1) is 0 Å². The maximum atomic E-state index is 8.84. The van der Waals surface area contributed by atoms with Gasteiger partial charge in [-0.3, -0.25) is 0 Å². The van der Waals surface area contributed by atoms with Crippen molar-refractivity contribution in [1.29, 1.82) is 0 Å². The molecule has 0 fully saturated rings. The molecule has 0 atom stereocenters. The zero-order chi connectivity index (χ0) is 8.53. The molecule has 2 nitrogen and oxygen atoms in total. The van der Waals surface area contributed by atoms with E-state index in [-0.39, 0.29) is 7.05 Å². The van der Waals surface area contributed by atoms with E-state index in [1.54, 1.807) is 6.82 Å². The summed E-state index contributed by atoms with van der Waals surface area (Å²) >= 11 is 0. The molecule has 0 saturated carbocycles. The van der Waals surface area contributed by atoms with E-state index >= 15 is 0 Å². The largest absolute Gasteiger partial charge is 0.437 e. The van der Waals surface area contributed by atoms with E-state index in [0.29, 0.717) is 0 Å². The Hall–Kier alpha value is -0.0151. The van der Waals surface area contributed by atoms with Crippen LogP contribution in [-0.2, 0) is 0 Å². The summed E-state index contributed by atoms with van der Waals surface area (Å²) in [7, 11) is -0.346. The maximum Gasteiger partial charge on any atom is 0.373 e. The SMILES string of the molecule is CCCCCCCNB(C)O. The van der Waals surface area contributed by atoms with Gasteiger partial charge in [0, 0.05) is 0 Å². The Morgan fingerprint density at radius 1 is 1.18 bits per heavy atom. The van der Waals surface area contributed by atoms with Crippen molar-refractivity contribution in [3.63, 3.8) is 0 Å². The Morgan fingerprint density at radius 2 is 1.82 bits per heavy atom. The lowest BCUT2D eigenvalue weighted by molar-refractivity contribution is 0.543. The molecule has 0 spiro atoms. The van der Waals surface area contributed by atoms with Crippen molar-refractivity contribution < 1.29 is 5.02 Å². The molecule has 0 aromatic rings. The van der Waals surface area contributed by atoms with Crippen LogP contribution in [0.5, 0.6) is 0 Å². The second-order valence-corrected chi connectivity index (χ2v) is 3.04. The van der Waals surface area contributed by atoms with Crippen molar-refractivity contribution in [2.45, 2.75) is 45.9 Å². The van der Waals surface area contributed by atoms with Crippen molar-refractivity contribution in [3.8, 4) is 0 Å². The van der Waals surface area contributed by atoms with Crippen molar-refractivity contribution in [2.24, 2.45) is 0 Å². The zero-order valence-electron chi connectivity index (χ0n) is 7.77. The highest BCUT2D eigenvalue weighted by Gasteiger charge is 1.98. The van der Waals surface area contributed by atoms with Crippen LogP contribution in [0.2, 0.25) is 6.82 Å². The van der Waals surface area contributed by atoms with Crippen LogP contribution in [0.25, 0.3) is 0 Å². The Balaban J connectivity index is 2.80. The number of hydrogen-bond acceptors (Lipinski definition) is 2. The summed E-state index contributed by atoms with van der Waals surface area (Å²) in [4.78, 5) is 0. The number of rotatable bonds is 7. The molecule has 11 heavy (non-hydrogen) atoms. The van der Waals surface area contributed by atoms with Crippen molar-refractivity contribution in [1.82, 2.24) is 5.23 Å². The van der Waals surface area contributed by atoms with Crippen LogP contribution in [-0.4, -0.2) is 18.6 Å². The number of hydrogen-bond donors (Lipinski definition) is 2. The predicted molar refractivity (Wildman–Crippen MR) is 50.6 cm³/mol. The summed E-state index contributed by atoms with van der Waals surface area (Å²) < 4.78 is 0. The summed E-state index contributed by atoms with van der Waals surface area (Å²) in [6.45, 7) is 4.92. The van der Waals surface area contributed by atoms with Gasteiger partial charge in [0.15, 0.2) is 0 Å². The number of unbranched alkanes of at least 4 members (excludes halogenated alkanes) is 4. The first-order valence-corrected chi connectivity index (χ1v) is 4.68. The van der Waals surface area contributed by atoms with E-state index in [4.69, 9.17) is 5.02 Å². The first-order chi connectivity index (χ1) is 5.27. The van der Waals surface area contributed by atoms with Crippen molar-refractivity contribution in [3.05, 3.63) is 0 Å². The summed E-state index contributed by atoms with van der Waals surface area (Å²) in [6, 6.07) is 0. The standard InChI is InChI=1S/C8H20BNO/c1-3-4-5-6-7-8-10-9(2)11/h10-11H,3-8H2,1-2H3. The lowest BCUT2D eigenvalue weighted by Gasteiger charge is -2.02. The minimum Gasteiger partial charge on any atom is -0.437 e. The fourth-order valence-corrected chi connectivity index (χ4v) is 1.04. The zero-order valence-corrected chi connectivity index (χ0v) is 7.77. The van der Waals surface area contributed by atoms with Crippen LogP contribution in [0.3, 0.4) is 0 Å². The molecule has 0 saturated heterocycles. The molecule has 2 N–H and O–H groups in total. The molecule has 0 radical (unpaired) electrons. The molecule has 0 aliphatic heterocycles. The minimum absolute atomic E-state index is 0.346. The molecular formula is C8H20BNO. The Labute approximate surface area is 70.5 Å². The highest BCUT2D eigenvalue weighted by atomic mass is 16.2. The molecule has 0 aromatic heterocycles. The van der Waals surface area contributed by atoms with Gasteiger partial charge in [0.1, 0.15) is 0 Å². The average Bonchev–Trinajstić information content (AvgIpc) is 1.96. The first-order valence-electron chi connectivity index (χ1n) is 4.68. The normalized spacial score (nSPS) is 10.1. The summed E-state index contributed by atoms with van der Waals surface area (Å²) in [5, 5.41) is 11.8. The molecule has 3 heteroatoms. The van der Waals surface area contributed by atoms with E-state index in [1.807, 2.05) is 0 Å². The number of nitrogens with one attached hydrogen (secondary N) is 1. The second-order valence-electron chi connectivity index (χ2n) is 3.04. The van der Waals surface area contributed by atoms with Gasteiger partial charge < -0.3 is 10.3 Å². The Kier molecular flexibility index (Phi) is 8.07. The molecule has 0 unspecified atom stereocenters. The quantitative estimate of drug-likeness (QED) is 0.435.